The van der Waals surface area contributed by atoms with Gasteiger partial charge in [0.1, 0.15) is 6.10 Å². The first kappa shape index (κ1) is 15.6. The van der Waals surface area contributed by atoms with Crippen molar-refractivity contribution < 1.29 is 9.47 Å². The van der Waals surface area contributed by atoms with Gasteiger partial charge in [0.05, 0.1) is 29.8 Å². The molecular formula is C18H15N5O2. The molecule has 0 unspecified atom stereocenters. The molecule has 0 radical (unpaired) electrons. The summed E-state index contributed by atoms with van der Waals surface area (Å²) in [7, 11) is 0. The summed E-state index contributed by atoms with van der Waals surface area (Å²) >= 11 is 0. The molecule has 3 fully saturated rings. The van der Waals surface area contributed by atoms with E-state index in [1.165, 1.54) is 0 Å². The van der Waals surface area contributed by atoms with Gasteiger partial charge in [-0.3, -0.25) is 10.4 Å². The van der Waals surface area contributed by atoms with Gasteiger partial charge < -0.3 is 9.47 Å². The van der Waals surface area contributed by atoms with Crippen molar-refractivity contribution in [2.24, 2.45) is 16.7 Å². The van der Waals surface area contributed by atoms with Crippen molar-refractivity contribution in [1.82, 2.24) is 4.98 Å². The highest BCUT2D eigenvalue weighted by molar-refractivity contribution is 5.89. The van der Waals surface area contributed by atoms with Gasteiger partial charge in [-0.15, -0.1) is 0 Å². The molecule has 7 heteroatoms. The fourth-order valence-corrected chi connectivity index (χ4v) is 4.66. The van der Waals surface area contributed by atoms with Crippen molar-refractivity contribution in [3.8, 4) is 18.2 Å². The molecule has 1 aromatic rings. The van der Waals surface area contributed by atoms with E-state index in [1.54, 1.807) is 24.4 Å². The molecule has 4 atom stereocenters. The number of nitriles is 3. The SMILES string of the molecule is N#CC1(C#N)[C@@H](c2ccccn2)O[C@@]23CCCC[C@H]2[C@@]1(C#N)C(=N)O3. The van der Waals surface area contributed by atoms with Crippen molar-refractivity contribution in [2.45, 2.75) is 37.6 Å². The van der Waals surface area contributed by atoms with Gasteiger partial charge in [0.2, 0.25) is 17.1 Å². The van der Waals surface area contributed by atoms with Crippen LogP contribution in [0.3, 0.4) is 0 Å². The van der Waals surface area contributed by atoms with Crippen molar-refractivity contribution in [2.75, 3.05) is 0 Å². The lowest BCUT2D eigenvalue weighted by Gasteiger charge is -2.51. The van der Waals surface area contributed by atoms with Crippen LogP contribution in [0.5, 0.6) is 0 Å². The third-order valence-electron chi connectivity index (χ3n) is 5.77. The number of aromatic nitrogens is 1. The van der Waals surface area contributed by atoms with Gasteiger partial charge >= 0.3 is 0 Å². The van der Waals surface area contributed by atoms with Crippen LogP contribution in [0.4, 0.5) is 0 Å². The van der Waals surface area contributed by atoms with Crippen LogP contribution in [0.15, 0.2) is 24.4 Å². The smallest absolute Gasteiger partial charge is 0.217 e. The zero-order valence-electron chi connectivity index (χ0n) is 13.4. The van der Waals surface area contributed by atoms with E-state index in [1.807, 2.05) is 12.1 Å². The third kappa shape index (κ3) is 1.60. The molecule has 0 amide bonds. The number of hydrogen-bond acceptors (Lipinski definition) is 7. The first-order valence-corrected chi connectivity index (χ1v) is 8.21. The fraction of sp³-hybridized carbons (Fsp3) is 0.500. The molecule has 25 heavy (non-hydrogen) atoms. The Morgan fingerprint density at radius 3 is 2.60 bits per heavy atom. The molecule has 1 aromatic heterocycles. The van der Waals surface area contributed by atoms with Crippen LogP contribution in [0, 0.1) is 56.2 Å². The van der Waals surface area contributed by atoms with E-state index in [2.05, 4.69) is 11.1 Å². The normalized spacial score (nSPS) is 37.7. The predicted molar refractivity (Wildman–Crippen MR) is 83.3 cm³/mol. The monoisotopic (exact) mass is 333 g/mol. The van der Waals surface area contributed by atoms with Crippen LogP contribution >= 0.6 is 0 Å². The average Bonchev–Trinajstić information content (AvgIpc) is 2.87. The second-order valence-corrected chi connectivity index (χ2v) is 6.75. The minimum absolute atomic E-state index is 0.330. The molecule has 0 aromatic carbocycles. The number of ether oxygens (including phenoxy) is 2. The van der Waals surface area contributed by atoms with Gasteiger partial charge in [-0.1, -0.05) is 12.5 Å². The van der Waals surface area contributed by atoms with Crippen molar-refractivity contribution in [1.29, 1.82) is 21.2 Å². The highest BCUT2D eigenvalue weighted by atomic mass is 16.7. The predicted octanol–water partition coefficient (Wildman–Crippen LogP) is 2.59. The zero-order chi connectivity index (χ0) is 17.7. The molecule has 2 bridgehead atoms. The number of hydrogen-bond donors (Lipinski definition) is 1. The van der Waals surface area contributed by atoms with E-state index in [0.717, 1.165) is 12.8 Å². The lowest BCUT2D eigenvalue weighted by Crippen LogP contribution is -2.60. The number of rotatable bonds is 1. The molecule has 124 valence electrons. The summed E-state index contributed by atoms with van der Waals surface area (Å²) in [6.45, 7) is 0. The third-order valence-corrected chi connectivity index (χ3v) is 5.77. The summed E-state index contributed by atoms with van der Waals surface area (Å²) in [5, 5.41) is 38.5. The van der Waals surface area contributed by atoms with Gasteiger partial charge in [0.25, 0.3) is 0 Å². The molecule has 2 aliphatic heterocycles. The van der Waals surface area contributed by atoms with E-state index in [0.29, 0.717) is 18.5 Å². The number of nitrogens with one attached hydrogen (secondary N) is 1. The molecule has 1 N–H and O–H groups in total. The van der Waals surface area contributed by atoms with Gasteiger partial charge in [0.15, 0.2) is 5.41 Å². The first-order valence-electron chi connectivity index (χ1n) is 8.21. The Morgan fingerprint density at radius 1 is 1.16 bits per heavy atom. The van der Waals surface area contributed by atoms with Gasteiger partial charge in [-0.2, -0.15) is 15.8 Å². The Balaban J connectivity index is 2.01. The maximum Gasteiger partial charge on any atom is 0.217 e. The maximum atomic E-state index is 10.1. The lowest BCUT2D eigenvalue weighted by atomic mass is 9.52. The second kappa shape index (κ2) is 5.02. The average molecular weight is 333 g/mol. The van der Waals surface area contributed by atoms with Crippen LogP contribution in [0.25, 0.3) is 0 Å². The fourth-order valence-electron chi connectivity index (χ4n) is 4.66. The molecule has 3 heterocycles. The highest BCUT2D eigenvalue weighted by Gasteiger charge is 2.80. The number of pyridine rings is 1. The molecule has 1 aliphatic carbocycles. The zero-order valence-corrected chi connectivity index (χ0v) is 13.4. The first-order chi connectivity index (χ1) is 12.1. The van der Waals surface area contributed by atoms with E-state index in [-0.39, 0.29) is 5.90 Å². The van der Waals surface area contributed by atoms with E-state index < -0.39 is 28.6 Å². The Morgan fingerprint density at radius 2 is 1.96 bits per heavy atom. The molecule has 2 saturated heterocycles. The number of nitrogens with zero attached hydrogens (tertiary/aromatic N) is 4. The summed E-state index contributed by atoms with van der Waals surface area (Å²) in [5.74, 6) is -1.97. The van der Waals surface area contributed by atoms with Crippen molar-refractivity contribution in [3.63, 3.8) is 0 Å². The minimum Gasteiger partial charge on any atom is -0.447 e. The molecule has 3 aliphatic rings. The van der Waals surface area contributed by atoms with Crippen LogP contribution in [-0.2, 0) is 9.47 Å². The van der Waals surface area contributed by atoms with Crippen LogP contribution in [-0.4, -0.2) is 16.7 Å². The minimum atomic E-state index is -1.89. The van der Waals surface area contributed by atoms with Crippen LogP contribution in [0.1, 0.15) is 37.5 Å². The Kier molecular flexibility index (Phi) is 3.13. The molecule has 1 saturated carbocycles. The highest BCUT2D eigenvalue weighted by Crippen LogP contribution is 2.69. The Hall–Kier alpha value is -2.95. The quantitative estimate of drug-likeness (QED) is 0.841. The van der Waals surface area contributed by atoms with E-state index in [4.69, 9.17) is 14.9 Å². The summed E-state index contributed by atoms with van der Waals surface area (Å²) in [6.07, 6.45) is 3.29. The summed E-state index contributed by atoms with van der Waals surface area (Å²) in [5.41, 5.74) is -3.15. The summed E-state index contributed by atoms with van der Waals surface area (Å²) < 4.78 is 12.0. The largest absolute Gasteiger partial charge is 0.447 e. The van der Waals surface area contributed by atoms with E-state index >= 15 is 0 Å². The topological polar surface area (TPSA) is 127 Å². The standard InChI is InChI=1S/C18H15N5O2/c19-9-16(10-20)14(12-5-2-4-8-23-12)24-18-7-3-1-6-13(18)17(16,11-21)15(22)25-18/h2,4-5,8,13-14,22H,1,3,6-7H2/t13-,14+,17-,18+/m0/s1. The Labute approximate surface area is 144 Å². The van der Waals surface area contributed by atoms with Gasteiger partial charge in [0, 0.05) is 12.6 Å². The van der Waals surface area contributed by atoms with Gasteiger partial charge in [-0.25, -0.2) is 0 Å². The van der Waals surface area contributed by atoms with Gasteiger partial charge in [-0.05, 0) is 25.0 Å². The maximum absolute atomic E-state index is 10.1. The molecule has 7 nitrogen and oxygen atoms in total. The second-order valence-electron chi connectivity index (χ2n) is 6.75. The molecule has 0 spiro atoms. The summed E-state index contributed by atoms with van der Waals surface area (Å²) in [4.78, 5) is 4.25. The van der Waals surface area contributed by atoms with Crippen molar-refractivity contribution in [3.05, 3.63) is 30.1 Å². The lowest BCUT2D eigenvalue weighted by molar-refractivity contribution is -0.295. The van der Waals surface area contributed by atoms with Crippen molar-refractivity contribution >= 4 is 5.90 Å². The van der Waals surface area contributed by atoms with E-state index in [9.17, 15) is 15.8 Å². The summed E-state index contributed by atoms with van der Waals surface area (Å²) in [6, 6.07) is 11.3. The molecular weight excluding hydrogens is 318 g/mol. The van der Waals surface area contributed by atoms with Crippen LogP contribution in [0.2, 0.25) is 0 Å². The molecule has 4 rings (SSSR count). The van der Waals surface area contributed by atoms with Crippen LogP contribution < -0.4 is 0 Å². The Bertz CT molecular complexity index is 850.